The van der Waals surface area contributed by atoms with E-state index in [-0.39, 0.29) is 0 Å². The van der Waals surface area contributed by atoms with Crippen molar-refractivity contribution in [3.8, 4) is 0 Å². The SMILES string of the molecule is CNC(C)CNc1nnc(C)c2ccccc12. The second-order valence-electron chi connectivity index (χ2n) is 4.25. The van der Waals surface area contributed by atoms with E-state index < -0.39 is 0 Å². The molecule has 1 atom stereocenters. The number of aryl methyl sites for hydroxylation is 1. The predicted molar refractivity (Wildman–Crippen MR) is 71.3 cm³/mol. The maximum atomic E-state index is 4.22. The second-order valence-corrected chi connectivity index (χ2v) is 4.25. The van der Waals surface area contributed by atoms with Gasteiger partial charge >= 0.3 is 0 Å². The van der Waals surface area contributed by atoms with Gasteiger partial charge in [0.25, 0.3) is 0 Å². The molecular formula is C13H18N4. The molecule has 1 aromatic heterocycles. The van der Waals surface area contributed by atoms with Crippen LogP contribution in [0.3, 0.4) is 0 Å². The number of nitrogens with one attached hydrogen (secondary N) is 2. The second kappa shape index (κ2) is 5.10. The van der Waals surface area contributed by atoms with Gasteiger partial charge in [-0.2, -0.15) is 5.10 Å². The van der Waals surface area contributed by atoms with Gasteiger partial charge in [0.05, 0.1) is 5.69 Å². The van der Waals surface area contributed by atoms with Crippen LogP contribution in [0.25, 0.3) is 10.8 Å². The number of anilines is 1. The Balaban J connectivity index is 2.32. The number of likely N-dealkylation sites (N-methyl/N-ethyl adjacent to an activating group) is 1. The summed E-state index contributed by atoms with van der Waals surface area (Å²) in [5.41, 5.74) is 0.966. The first-order chi connectivity index (χ1) is 8.22. The van der Waals surface area contributed by atoms with E-state index >= 15 is 0 Å². The van der Waals surface area contributed by atoms with Crippen LogP contribution in [-0.4, -0.2) is 29.8 Å². The highest BCUT2D eigenvalue weighted by Crippen LogP contribution is 2.21. The highest BCUT2D eigenvalue weighted by atomic mass is 15.2. The summed E-state index contributed by atoms with van der Waals surface area (Å²) < 4.78 is 0. The number of fused-ring (bicyclic) bond motifs is 1. The van der Waals surface area contributed by atoms with Gasteiger partial charge in [0.1, 0.15) is 0 Å². The van der Waals surface area contributed by atoms with Crippen LogP contribution in [0.5, 0.6) is 0 Å². The number of nitrogens with zero attached hydrogens (tertiary/aromatic N) is 2. The van der Waals surface area contributed by atoms with Gasteiger partial charge < -0.3 is 10.6 Å². The molecule has 1 heterocycles. The fourth-order valence-electron chi connectivity index (χ4n) is 1.72. The lowest BCUT2D eigenvalue weighted by molar-refractivity contribution is 0.637. The van der Waals surface area contributed by atoms with Gasteiger partial charge in [-0.15, -0.1) is 5.10 Å². The minimum atomic E-state index is 0.400. The van der Waals surface area contributed by atoms with E-state index in [4.69, 9.17) is 0 Å². The Labute approximate surface area is 101 Å². The molecule has 0 spiro atoms. The zero-order valence-electron chi connectivity index (χ0n) is 10.5. The van der Waals surface area contributed by atoms with Gasteiger partial charge in [-0.1, -0.05) is 24.3 Å². The maximum Gasteiger partial charge on any atom is 0.156 e. The topological polar surface area (TPSA) is 49.8 Å². The van der Waals surface area contributed by atoms with E-state index in [9.17, 15) is 0 Å². The molecule has 0 saturated heterocycles. The molecule has 17 heavy (non-hydrogen) atoms. The normalized spacial score (nSPS) is 12.6. The van der Waals surface area contributed by atoms with Crippen molar-refractivity contribution >= 4 is 16.6 Å². The first-order valence-electron chi connectivity index (χ1n) is 5.85. The summed E-state index contributed by atoms with van der Waals surface area (Å²) in [7, 11) is 1.95. The summed E-state index contributed by atoms with van der Waals surface area (Å²) in [6, 6.07) is 8.60. The number of hydrogen-bond acceptors (Lipinski definition) is 4. The molecule has 0 aliphatic rings. The van der Waals surface area contributed by atoms with Crippen LogP contribution < -0.4 is 10.6 Å². The van der Waals surface area contributed by atoms with E-state index in [0.717, 1.165) is 28.8 Å². The Kier molecular flexibility index (Phi) is 3.54. The van der Waals surface area contributed by atoms with E-state index in [2.05, 4.69) is 39.9 Å². The molecule has 0 radical (unpaired) electrons. The van der Waals surface area contributed by atoms with Crippen LogP contribution in [-0.2, 0) is 0 Å². The third kappa shape index (κ3) is 2.53. The largest absolute Gasteiger partial charge is 0.367 e. The fraction of sp³-hybridized carbons (Fsp3) is 0.385. The zero-order chi connectivity index (χ0) is 12.3. The summed E-state index contributed by atoms with van der Waals surface area (Å²) in [4.78, 5) is 0. The zero-order valence-corrected chi connectivity index (χ0v) is 10.5. The lowest BCUT2D eigenvalue weighted by Gasteiger charge is -2.13. The number of aromatic nitrogens is 2. The van der Waals surface area contributed by atoms with Crippen molar-refractivity contribution in [3.05, 3.63) is 30.0 Å². The van der Waals surface area contributed by atoms with Crippen molar-refractivity contribution in [2.75, 3.05) is 18.9 Å². The van der Waals surface area contributed by atoms with Gasteiger partial charge in [-0.25, -0.2) is 0 Å². The van der Waals surface area contributed by atoms with E-state index in [0.29, 0.717) is 6.04 Å². The van der Waals surface area contributed by atoms with Crippen molar-refractivity contribution < 1.29 is 0 Å². The fourth-order valence-corrected chi connectivity index (χ4v) is 1.72. The molecule has 2 rings (SSSR count). The minimum Gasteiger partial charge on any atom is -0.367 e. The molecule has 2 aromatic rings. The van der Waals surface area contributed by atoms with Gasteiger partial charge in [-0.3, -0.25) is 0 Å². The lowest BCUT2D eigenvalue weighted by atomic mass is 10.1. The number of rotatable bonds is 4. The van der Waals surface area contributed by atoms with Gasteiger partial charge in [0.2, 0.25) is 0 Å². The van der Waals surface area contributed by atoms with Crippen LogP contribution in [0, 0.1) is 6.92 Å². The minimum absolute atomic E-state index is 0.400. The average Bonchev–Trinajstić information content (AvgIpc) is 2.38. The van der Waals surface area contributed by atoms with E-state index in [1.165, 1.54) is 0 Å². The van der Waals surface area contributed by atoms with Crippen LogP contribution in [0.1, 0.15) is 12.6 Å². The number of hydrogen-bond donors (Lipinski definition) is 2. The average molecular weight is 230 g/mol. The maximum absolute atomic E-state index is 4.22. The van der Waals surface area contributed by atoms with Crippen molar-refractivity contribution in [2.24, 2.45) is 0 Å². The summed E-state index contributed by atoms with van der Waals surface area (Å²) in [5.74, 6) is 0.855. The molecule has 0 aliphatic carbocycles. The molecular weight excluding hydrogens is 212 g/mol. The Hall–Kier alpha value is -1.68. The van der Waals surface area contributed by atoms with Gasteiger partial charge in [0, 0.05) is 23.4 Å². The molecule has 0 aliphatic heterocycles. The summed E-state index contributed by atoms with van der Waals surface area (Å²) >= 11 is 0. The Morgan fingerprint density at radius 2 is 1.88 bits per heavy atom. The first kappa shape index (κ1) is 11.8. The van der Waals surface area contributed by atoms with Crippen molar-refractivity contribution in [1.29, 1.82) is 0 Å². The molecule has 4 heteroatoms. The third-order valence-electron chi connectivity index (χ3n) is 2.94. The van der Waals surface area contributed by atoms with Crippen LogP contribution >= 0.6 is 0 Å². The number of benzene rings is 1. The highest BCUT2D eigenvalue weighted by Gasteiger charge is 2.06. The standard InChI is InChI=1S/C13H18N4/c1-9(14-3)8-15-13-12-7-5-4-6-11(12)10(2)16-17-13/h4-7,9,14H,8H2,1-3H3,(H,15,17). The summed E-state index contributed by atoms with van der Waals surface area (Å²) in [6.45, 7) is 4.93. The first-order valence-corrected chi connectivity index (χ1v) is 5.85. The Bertz CT molecular complexity index is 510. The molecule has 0 bridgehead atoms. The van der Waals surface area contributed by atoms with Crippen LogP contribution in [0.15, 0.2) is 24.3 Å². The van der Waals surface area contributed by atoms with Crippen molar-refractivity contribution in [3.63, 3.8) is 0 Å². The van der Waals surface area contributed by atoms with Crippen LogP contribution in [0.4, 0.5) is 5.82 Å². The monoisotopic (exact) mass is 230 g/mol. The van der Waals surface area contributed by atoms with E-state index in [1.54, 1.807) is 0 Å². The van der Waals surface area contributed by atoms with Gasteiger partial charge in [-0.05, 0) is 20.9 Å². The van der Waals surface area contributed by atoms with Gasteiger partial charge in [0.15, 0.2) is 5.82 Å². The molecule has 0 amide bonds. The summed E-state index contributed by atoms with van der Waals surface area (Å²) in [5, 5.41) is 17.2. The Morgan fingerprint density at radius 3 is 2.59 bits per heavy atom. The molecule has 0 fully saturated rings. The highest BCUT2D eigenvalue weighted by molar-refractivity contribution is 5.92. The predicted octanol–water partition coefficient (Wildman–Crippen LogP) is 1.96. The van der Waals surface area contributed by atoms with Crippen molar-refractivity contribution in [2.45, 2.75) is 19.9 Å². The van der Waals surface area contributed by atoms with E-state index in [1.807, 2.05) is 26.1 Å². The summed E-state index contributed by atoms with van der Waals surface area (Å²) in [6.07, 6.45) is 0. The molecule has 4 nitrogen and oxygen atoms in total. The third-order valence-corrected chi connectivity index (χ3v) is 2.94. The smallest absolute Gasteiger partial charge is 0.156 e. The Morgan fingerprint density at radius 1 is 1.18 bits per heavy atom. The van der Waals surface area contributed by atoms with Crippen LogP contribution in [0.2, 0.25) is 0 Å². The quantitative estimate of drug-likeness (QED) is 0.843. The van der Waals surface area contributed by atoms with Crippen molar-refractivity contribution in [1.82, 2.24) is 15.5 Å². The molecule has 90 valence electrons. The molecule has 1 aromatic carbocycles. The lowest BCUT2D eigenvalue weighted by Crippen LogP contribution is -2.29. The molecule has 1 unspecified atom stereocenters. The molecule has 2 N–H and O–H groups in total. The molecule has 0 saturated carbocycles.